The molecule has 1 aliphatic heterocycles. The Kier molecular flexibility index (Phi) is 4.33. The van der Waals surface area contributed by atoms with E-state index in [2.05, 4.69) is 5.32 Å². The maximum Gasteiger partial charge on any atom is 0.277 e. The smallest absolute Gasteiger partial charge is 0.277 e. The van der Waals surface area contributed by atoms with Crippen LogP contribution in [0.1, 0.15) is 12.5 Å². The van der Waals surface area contributed by atoms with Crippen molar-refractivity contribution in [3.8, 4) is 5.75 Å². The summed E-state index contributed by atoms with van der Waals surface area (Å²) in [6, 6.07) is 16.5. The second kappa shape index (κ2) is 6.58. The molecule has 0 unspecified atom stereocenters. The average Bonchev–Trinajstić information content (AvgIpc) is 2.82. The van der Waals surface area contributed by atoms with Gasteiger partial charge in [0, 0.05) is 7.05 Å². The summed E-state index contributed by atoms with van der Waals surface area (Å²) < 4.78 is 5.58. The molecule has 1 aliphatic rings. The molecule has 0 bridgehead atoms. The molecular formula is C19H18N2O3. The van der Waals surface area contributed by atoms with Gasteiger partial charge in [0.2, 0.25) is 0 Å². The number of carbonyl (C=O) groups is 2. The van der Waals surface area contributed by atoms with Crippen LogP contribution >= 0.6 is 0 Å². The number of carbonyl (C=O) groups excluding carboxylic acids is 2. The highest BCUT2D eigenvalue weighted by Crippen LogP contribution is 2.32. The molecule has 2 amide bonds. The molecule has 122 valence electrons. The quantitative estimate of drug-likeness (QED) is 0.860. The molecule has 3 rings (SSSR count). The summed E-state index contributed by atoms with van der Waals surface area (Å²) in [7, 11) is 1.48. The first-order chi connectivity index (χ1) is 11.6. The third-order valence-electron chi connectivity index (χ3n) is 3.80. The first-order valence-corrected chi connectivity index (χ1v) is 7.74. The number of hydrogen-bond donors (Lipinski definition) is 1. The zero-order valence-electron chi connectivity index (χ0n) is 13.6. The Morgan fingerprint density at radius 1 is 0.958 bits per heavy atom. The monoisotopic (exact) mass is 322 g/mol. The van der Waals surface area contributed by atoms with Gasteiger partial charge < -0.3 is 10.1 Å². The molecule has 0 aliphatic carbocycles. The van der Waals surface area contributed by atoms with Crippen molar-refractivity contribution in [3.63, 3.8) is 0 Å². The van der Waals surface area contributed by atoms with Gasteiger partial charge in [-0.15, -0.1) is 0 Å². The Bertz CT molecular complexity index is 812. The molecule has 2 aromatic carbocycles. The van der Waals surface area contributed by atoms with E-state index in [-0.39, 0.29) is 17.5 Å². The lowest BCUT2D eigenvalue weighted by molar-refractivity contribution is -0.135. The van der Waals surface area contributed by atoms with Crippen LogP contribution in [0.15, 0.2) is 60.3 Å². The average molecular weight is 322 g/mol. The predicted molar refractivity (Wildman–Crippen MR) is 92.4 cm³/mol. The summed E-state index contributed by atoms with van der Waals surface area (Å²) in [5.41, 5.74) is 1.99. The molecule has 0 aromatic heterocycles. The van der Waals surface area contributed by atoms with Crippen molar-refractivity contribution in [3.05, 3.63) is 65.9 Å². The van der Waals surface area contributed by atoms with Crippen molar-refractivity contribution in [2.24, 2.45) is 0 Å². The first-order valence-electron chi connectivity index (χ1n) is 7.74. The van der Waals surface area contributed by atoms with Gasteiger partial charge in [0.05, 0.1) is 17.9 Å². The largest absolute Gasteiger partial charge is 0.492 e. The summed E-state index contributed by atoms with van der Waals surface area (Å²) >= 11 is 0. The fourth-order valence-electron chi connectivity index (χ4n) is 2.62. The van der Waals surface area contributed by atoms with Crippen LogP contribution in [0, 0.1) is 0 Å². The maximum absolute atomic E-state index is 12.5. The summed E-state index contributed by atoms with van der Waals surface area (Å²) in [5, 5.41) is 3.10. The zero-order valence-corrected chi connectivity index (χ0v) is 13.6. The number of nitrogens with one attached hydrogen (secondary N) is 1. The number of para-hydroxylation sites is 2. The number of anilines is 1. The standard InChI is InChI=1S/C19H18N2O3/c1-3-24-15-12-8-7-11-14(15)20-17-16(13-9-5-4-6-10-13)18(22)21(2)19(17)23/h4-12,20H,3H2,1-2H3. The molecule has 0 atom stereocenters. The third-order valence-corrected chi connectivity index (χ3v) is 3.80. The second-order valence-electron chi connectivity index (χ2n) is 5.34. The summed E-state index contributed by atoms with van der Waals surface area (Å²) in [4.78, 5) is 26.1. The molecule has 0 saturated heterocycles. The minimum Gasteiger partial charge on any atom is -0.492 e. The van der Waals surface area contributed by atoms with Crippen molar-refractivity contribution in [1.82, 2.24) is 4.90 Å². The van der Waals surface area contributed by atoms with E-state index in [9.17, 15) is 9.59 Å². The summed E-state index contributed by atoms with van der Waals surface area (Å²) in [5.74, 6) is -0.0394. The first kappa shape index (κ1) is 15.8. The second-order valence-corrected chi connectivity index (χ2v) is 5.34. The van der Waals surface area contributed by atoms with Crippen molar-refractivity contribution >= 4 is 23.1 Å². The van der Waals surface area contributed by atoms with Crippen molar-refractivity contribution in [2.45, 2.75) is 6.92 Å². The molecule has 1 heterocycles. The Labute approximate surface area is 140 Å². The molecule has 2 aromatic rings. The number of benzene rings is 2. The van der Waals surface area contributed by atoms with Gasteiger partial charge in [-0.3, -0.25) is 14.5 Å². The highest BCUT2D eigenvalue weighted by Gasteiger charge is 2.36. The van der Waals surface area contributed by atoms with Crippen LogP contribution in [0.4, 0.5) is 5.69 Å². The van der Waals surface area contributed by atoms with E-state index in [0.29, 0.717) is 29.2 Å². The molecule has 0 spiro atoms. The van der Waals surface area contributed by atoms with Crippen LogP contribution < -0.4 is 10.1 Å². The van der Waals surface area contributed by atoms with E-state index in [1.807, 2.05) is 61.5 Å². The fraction of sp³-hybridized carbons (Fsp3) is 0.158. The summed E-state index contributed by atoms with van der Waals surface area (Å²) in [6.45, 7) is 2.40. The van der Waals surface area contributed by atoms with Gasteiger partial charge in [-0.25, -0.2) is 0 Å². The topological polar surface area (TPSA) is 58.6 Å². The van der Waals surface area contributed by atoms with Gasteiger partial charge in [-0.2, -0.15) is 0 Å². The van der Waals surface area contributed by atoms with Gasteiger partial charge in [0.15, 0.2) is 0 Å². The van der Waals surface area contributed by atoms with Crippen LogP contribution in [0.2, 0.25) is 0 Å². The number of likely N-dealkylation sites (N-methyl/N-ethyl adjacent to an activating group) is 1. The summed E-state index contributed by atoms with van der Waals surface area (Å²) in [6.07, 6.45) is 0. The molecule has 24 heavy (non-hydrogen) atoms. The molecule has 5 nitrogen and oxygen atoms in total. The van der Waals surface area contributed by atoms with Crippen LogP contribution in [0.5, 0.6) is 5.75 Å². The van der Waals surface area contributed by atoms with E-state index in [4.69, 9.17) is 4.74 Å². The minimum atomic E-state index is -0.356. The van der Waals surface area contributed by atoms with E-state index in [1.165, 1.54) is 7.05 Å². The van der Waals surface area contributed by atoms with Gasteiger partial charge in [-0.1, -0.05) is 42.5 Å². The molecule has 1 N–H and O–H groups in total. The van der Waals surface area contributed by atoms with Crippen molar-refractivity contribution < 1.29 is 14.3 Å². The predicted octanol–water partition coefficient (Wildman–Crippen LogP) is 2.91. The molecule has 0 saturated carbocycles. The van der Waals surface area contributed by atoms with E-state index < -0.39 is 0 Å². The Hall–Kier alpha value is -3.08. The van der Waals surface area contributed by atoms with Crippen molar-refractivity contribution in [1.29, 1.82) is 0 Å². The van der Waals surface area contributed by atoms with Gasteiger partial charge >= 0.3 is 0 Å². The lowest BCUT2D eigenvalue weighted by atomic mass is 10.0. The third kappa shape index (κ3) is 2.76. The van der Waals surface area contributed by atoms with Crippen LogP contribution in [0.3, 0.4) is 0 Å². The van der Waals surface area contributed by atoms with E-state index >= 15 is 0 Å². The SMILES string of the molecule is CCOc1ccccc1NC1=C(c2ccccc2)C(=O)N(C)C1=O. The van der Waals surface area contributed by atoms with E-state index in [1.54, 1.807) is 0 Å². The van der Waals surface area contributed by atoms with Gasteiger partial charge in [0.25, 0.3) is 11.8 Å². The zero-order chi connectivity index (χ0) is 17.1. The van der Waals surface area contributed by atoms with Crippen LogP contribution in [-0.4, -0.2) is 30.4 Å². The number of imide groups is 1. The molecular weight excluding hydrogens is 304 g/mol. The highest BCUT2D eigenvalue weighted by atomic mass is 16.5. The molecule has 5 heteroatoms. The van der Waals surface area contributed by atoms with Crippen LogP contribution in [0.25, 0.3) is 5.57 Å². The fourth-order valence-corrected chi connectivity index (χ4v) is 2.62. The lowest BCUT2D eigenvalue weighted by Crippen LogP contribution is -2.28. The Morgan fingerprint density at radius 3 is 2.33 bits per heavy atom. The molecule has 0 radical (unpaired) electrons. The minimum absolute atomic E-state index is 0.265. The van der Waals surface area contributed by atoms with Gasteiger partial charge in [0.1, 0.15) is 11.4 Å². The van der Waals surface area contributed by atoms with Crippen LogP contribution in [-0.2, 0) is 9.59 Å². The number of ether oxygens (including phenoxy) is 1. The number of amides is 2. The van der Waals surface area contributed by atoms with Crippen molar-refractivity contribution in [2.75, 3.05) is 19.0 Å². The normalized spacial score (nSPS) is 14.3. The lowest BCUT2D eigenvalue weighted by Gasteiger charge is -2.13. The highest BCUT2D eigenvalue weighted by molar-refractivity contribution is 6.36. The van der Waals surface area contributed by atoms with E-state index in [0.717, 1.165) is 4.90 Å². The molecule has 0 fully saturated rings. The number of hydrogen-bond acceptors (Lipinski definition) is 4. The maximum atomic E-state index is 12.5. The number of nitrogens with zero attached hydrogens (tertiary/aromatic N) is 1. The Morgan fingerprint density at radius 2 is 1.62 bits per heavy atom. The number of rotatable bonds is 5. The Balaban J connectivity index is 2.07. The van der Waals surface area contributed by atoms with Gasteiger partial charge in [-0.05, 0) is 24.6 Å².